The standard InChI is InChI=1S/C14H28N2O/c1-11(2)7-13(9-15)8-14(17)16(3)10-12-5-4-6-12/h11-13H,4-10,15H2,1-3H3/t13-/m0/s1. The van der Waals surface area contributed by atoms with E-state index in [2.05, 4.69) is 13.8 Å². The van der Waals surface area contributed by atoms with E-state index in [1.165, 1.54) is 19.3 Å². The van der Waals surface area contributed by atoms with Crippen LogP contribution in [0.2, 0.25) is 0 Å². The Hall–Kier alpha value is -0.570. The first kappa shape index (κ1) is 14.5. The molecule has 2 N–H and O–H groups in total. The summed E-state index contributed by atoms with van der Waals surface area (Å²) < 4.78 is 0. The summed E-state index contributed by atoms with van der Waals surface area (Å²) in [6.07, 6.45) is 5.61. The Morgan fingerprint density at radius 1 is 1.41 bits per heavy atom. The van der Waals surface area contributed by atoms with E-state index in [4.69, 9.17) is 5.73 Å². The third-order valence-electron chi connectivity index (χ3n) is 3.78. The maximum absolute atomic E-state index is 12.0. The van der Waals surface area contributed by atoms with Gasteiger partial charge in [-0.15, -0.1) is 0 Å². The van der Waals surface area contributed by atoms with E-state index in [9.17, 15) is 4.79 Å². The summed E-state index contributed by atoms with van der Waals surface area (Å²) >= 11 is 0. The predicted molar refractivity (Wildman–Crippen MR) is 71.6 cm³/mol. The van der Waals surface area contributed by atoms with E-state index in [1.807, 2.05) is 11.9 Å². The molecule has 0 bridgehead atoms. The summed E-state index contributed by atoms with van der Waals surface area (Å²) in [6.45, 7) is 5.94. The van der Waals surface area contributed by atoms with Gasteiger partial charge in [0.15, 0.2) is 0 Å². The Balaban J connectivity index is 2.29. The second-order valence-electron chi connectivity index (χ2n) is 6.01. The van der Waals surface area contributed by atoms with Crippen molar-refractivity contribution in [3.8, 4) is 0 Å². The number of carbonyl (C=O) groups excluding carboxylic acids is 1. The first-order chi connectivity index (χ1) is 8.02. The number of nitrogens with two attached hydrogens (primary N) is 1. The maximum Gasteiger partial charge on any atom is 0.222 e. The van der Waals surface area contributed by atoms with Crippen LogP contribution in [0.25, 0.3) is 0 Å². The van der Waals surface area contributed by atoms with Gasteiger partial charge >= 0.3 is 0 Å². The van der Waals surface area contributed by atoms with Crippen molar-refractivity contribution >= 4 is 5.91 Å². The van der Waals surface area contributed by atoms with E-state index >= 15 is 0 Å². The van der Waals surface area contributed by atoms with Gasteiger partial charge in [0.2, 0.25) is 5.91 Å². The fourth-order valence-electron chi connectivity index (χ4n) is 2.50. The van der Waals surface area contributed by atoms with Crippen molar-refractivity contribution in [3.63, 3.8) is 0 Å². The van der Waals surface area contributed by atoms with Gasteiger partial charge in [0, 0.05) is 20.0 Å². The van der Waals surface area contributed by atoms with Crippen LogP contribution in [0.4, 0.5) is 0 Å². The van der Waals surface area contributed by atoms with Gasteiger partial charge in [-0.25, -0.2) is 0 Å². The summed E-state index contributed by atoms with van der Waals surface area (Å²) in [5.41, 5.74) is 5.74. The fourth-order valence-corrected chi connectivity index (χ4v) is 2.50. The zero-order chi connectivity index (χ0) is 12.8. The van der Waals surface area contributed by atoms with Crippen LogP contribution in [-0.2, 0) is 4.79 Å². The van der Waals surface area contributed by atoms with Crippen LogP contribution in [0.15, 0.2) is 0 Å². The number of amides is 1. The lowest BCUT2D eigenvalue weighted by molar-refractivity contribution is -0.131. The fraction of sp³-hybridized carbons (Fsp3) is 0.929. The van der Waals surface area contributed by atoms with Crippen LogP contribution in [0.5, 0.6) is 0 Å². The highest BCUT2D eigenvalue weighted by Gasteiger charge is 2.22. The molecule has 1 saturated carbocycles. The molecule has 1 fully saturated rings. The Morgan fingerprint density at radius 2 is 2.06 bits per heavy atom. The monoisotopic (exact) mass is 240 g/mol. The minimum Gasteiger partial charge on any atom is -0.345 e. The molecule has 0 radical (unpaired) electrons. The highest BCUT2D eigenvalue weighted by atomic mass is 16.2. The molecule has 0 saturated heterocycles. The molecule has 3 nitrogen and oxygen atoms in total. The molecule has 0 aromatic rings. The molecule has 1 aliphatic carbocycles. The van der Waals surface area contributed by atoms with Crippen molar-refractivity contribution < 1.29 is 4.79 Å². The molecule has 1 rings (SSSR count). The van der Waals surface area contributed by atoms with Crippen LogP contribution in [-0.4, -0.2) is 30.9 Å². The Kier molecular flexibility index (Phi) is 5.96. The third kappa shape index (κ3) is 5.07. The molecular formula is C14H28N2O. The van der Waals surface area contributed by atoms with Gasteiger partial charge in [-0.05, 0) is 43.6 Å². The molecule has 17 heavy (non-hydrogen) atoms. The normalized spacial score (nSPS) is 17.9. The zero-order valence-corrected chi connectivity index (χ0v) is 11.6. The largest absolute Gasteiger partial charge is 0.345 e. The van der Waals surface area contributed by atoms with E-state index in [-0.39, 0.29) is 5.91 Å². The van der Waals surface area contributed by atoms with Gasteiger partial charge in [-0.1, -0.05) is 20.3 Å². The molecule has 0 spiro atoms. The zero-order valence-electron chi connectivity index (χ0n) is 11.6. The van der Waals surface area contributed by atoms with Crippen molar-refractivity contribution in [1.29, 1.82) is 0 Å². The second-order valence-corrected chi connectivity index (χ2v) is 6.01. The van der Waals surface area contributed by atoms with E-state index in [1.54, 1.807) is 0 Å². The van der Waals surface area contributed by atoms with Crippen molar-refractivity contribution in [1.82, 2.24) is 4.90 Å². The maximum atomic E-state index is 12.0. The lowest BCUT2D eigenvalue weighted by Gasteiger charge is -2.31. The lowest BCUT2D eigenvalue weighted by atomic mass is 9.85. The predicted octanol–water partition coefficient (Wildman–Crippen LogP) is 2.26. The van der Waals surface area contributed by atoms with Gasteiger partial charge < -0.3 is 10.6 Å². The molecule has 0 aromatic heterocycles. The Morgan fingerprint density at radius 3 is 2.47 bits per heavy atom. The molecule has 0 aliphatic heterocycles. The minimum atomic E-state index is 0.271. The summed E-state index contributed by atoms with van der Waals surface area (Å²) in [4.78, 5) is 13.9. The van der Waals surface area contributed by atoms with Crippen molar-refractivity contribution in [2.75, 3.05) is 20.1 Å². The Labute approximate surface area is 106 Å². The molecule has 1 amide bonds. The van der Waals surface area contributed by atoms with Gasteiger partial charge in [0.1, 0.15) is 0 Å². The average Bonchev–Trinajstić information content (AvgIpc) is 2.21. The molecule has 1 atom stereocenters. The minimum absolute atomic E-state index is 0.271. The third-order valence-corrected chi connectivity index (χ3v) is 3.78. The van der Waals surface area contributed by atoms with Crippen LogP contribution in [0, 0.1) is 17.8 Å². The van der Waals surface area contributed by atoms with Gasteiger partial charge in [0.25, 0.3) is 0 Å². The topological polar surface area (TPSA) is 46.3 Å². The SMILES string of the molecule is CC(C)C[C@H](CN)CC(=O)N(C)CC1CCC1. The first-order valence-corrected chi connectivity index (χ1v) is 6.97. The number of rotatable bonds is 7. The van der Waals surface area contributed by atoms with E-state index in [0.29, 0.717) is 24.8 Å². The number of hydrogen-bond donors (Lipinski definition) is 1. The highest BCUT2D eigenvalue weighted by molar-refractivity contribution is 5.76. The van der Waals surface area contributed by atoms with Crippen LogP contribution < -0.4 is 5.73 Å². The molecule has 0 unspecified atom stereocenters. The quantitative estimate of drug-likeness (QED) is 0.742. The second kappa shape index (κ2) is 7.00. The van der Waals surface area contributed by atoms with Crippen LogP contribution in [0.1, 0.15) is 46.0 Å². The van der Waals surface area contributed by atoms with E-state index in [0.717, 1.165) is 18.9 Å². The Bertz CT molecular complexity index is 236. The van der Waals surface area contributed by atoms with Crippen LogP contribution in [0.3, 0.4) is 0 Å². The number of nitrogens with zero attached hydrogens (tertiary/aromatic N) is 1. The average molecular weight is 240 g/mol. The molecule has 0 heterocycles. The number of hydrogen-bond acceptors (Lipinski definition) is 2. The molecule has 100 valence electrons. The smallest absolute Gasteiger partial charge is 0.222 e. The van der Waals surface area contributed by atoms with Gasteiger partial charge in [0.05, 0.1) is 0 Å². The van der Waals surface area contributed by atoms with Gasteiger partial charge in [-0.2, -0.15) is 0 Å². The summed E-state index contributed by atoms with van der Waals surface area (Å²) in [6, 6.07) is 0. The van der Waals surface area contributed by atoms with Gasteiger partial charge in [-0.3, -0.25) is 4.79 Å². The lowest BCUT2D eigenvalue weighted by Crippen LogP contribution is -2.36. The summed E-state index contributed by atoms with van der Waals surface area (Å²) in [5, 5.41) is 0. The molecule has 3 heteroatoms. The van der Waals surface area contributed by atoms with E-state index < -0.39 is 0 Å². The highest BCUT2D eigenvalue weighted by Crippen LogP contribution is 2.27. The molecule has 0 aromatic carbocycles. The summed E-state index contributed by atoms with van der Waals surface area (Å²) in [5.74, 6) is 2.00. The summed E-state index contributed by atoms with van der Waals surface area (Å²) in [7, 11) is 1.93. The number of carbonyl (C=O) groups is 1. The van der Waals surface area contributed by atoms with Crippen molar-refractivity contribution in [3.05, 3.63) is 0 Å². The van der Waals surface area contributed by atoms with Crippen molar-refractivity contribution in [2.45, 2.75) is 46.0 Å². The van der Waals surface area contributed by atoms with Crippen molar-refractivity contribution in [2.24, 2.45) is 23.5 Å². The first-order valence-electron chi connectivity index (χ1n) is 6.97. The molecular weight excluding hydrogens is 212 g/mol. The van der Waals surface area contributed by atoms with Crippen LogP contribution >= 0.6 is 0 Å². The molecule has 1 aliphatic rings.